The number of fused-ring (bicyclic) bond motifs is 1. The van der Waals surface area contributed by atoms with Crippen molar-refractivity contribution in [2.24, 2.45) is 0 Å². The van der Waals surface area contributed by atoms with Gasteiger partial charge in [0, 0.05) is 15.9 Å². The number of ether oxygens (including phenoxy) is 2. The monoisotopic (exact) mass is 485 g/mol. The zero-order chi connectivity index (χ0) is 22.2. The van der Waals surface area contributed by atoms with Gasteiger partial charge in [0.15, 0.2) is 11.5 Å². The van der Waals surface area contributed by atoms with Crippen molar-refractivity contribution in [3.63, 3.8) is 0 Å². The van der Waals surface area contributed by atoms with Crippen molar-refractivity contribution in [1.29, 1.82) is 0 Å². The van der Waals surface area contributed by atoms with Crippen molar-refractivity contribution in [2.45, 2.75) is 58.9 Å². The third-order valence-corrected chi connectivity index (χ3v) is 5.79. The molecule has 1 aromatic heterocycles. The van der Waals surface area contributed by atoms with Crippen LogP contribution in [0.15, 0.2) is 40.9 Å². The summed E-state index contributed by atoms with van der Waals surface area (Å²) in [5.74, 6) is 2.94. The maximum atomic E-state index is 6.05. The quantitative estimate of drug-likeness (QED) is 0.290. The van der Waals surface area contributed by atoms with Crippen molar-refractivity contribution in [3.8, 4) is 11.5 Å². The number of aromatic nitrogens is 2. The van der Waals surface area contributed by atoms with Gasteiger partial charge < -0.3 is 14.8 Å². The number of unbranched alkanes of at least 4 members (excludes halogenated alkanes) is 4. The molecule has 0 radical (unpaired) electrons. The number of halogens is 1. The van der Waals surface area contributed by atoms with Crippen LogP contribution in [0.5, 0.6) is 11.5 Å². The normalized spacial score (nSPS) is 12.0. The first-order chi connectivity index (χ1) is 15.0. The van der Waals surface area contributed by atoms with Gasteiger partial charge in [-0.25, -0.2) is 9.97 Å². The molecule has 0 spiro atoms. The van der Waals surface area contributed by atoms with Crippen LogP contribution in [-0.2, 0) is 0 Å². The Morgan fingerprint density at radius 3 is 2.58 bits per heavy atom. The highest BCUT2D eigenvalue weighted by atomic mass is 79.9. The van der Waals surface area contributed by atoms with E-state index in [2.05, 4.69) is 57.2 Å². The molecule has 2 aromatic carbocycles. The van der Waals surface area contributed by atoms with Crippen LogP contribution in [0.4, 0.5) is 5.82 Å². The van der Waals surface area contributed by atoms with E-state index in [4.69, 9.17) is 9.47 Å². The maximum Gasteiger partial charge on any atom is 0.163 e. The molecule has 0 aliphatic heterocycles. The summed E-state index contributed by atoms with van der Waals surface area (Å²) in [6, 6.07) is 12.3. The van der Waals surface area contributed by atoms with Crippen molar-refractivity contribution in [2.75, 3.05) is 19.0 Å². The third-order valence-electron chi connectivity index (χ3n) is 5.30. The number of benzene rings is 2. The van der Waals surface area contributed by atoms with E-state index < -0.39 is 0 Å². The minimum Gasteiger partial charge on any atom is -0.493 e. The van der Waals surface area contributed by atoms with Crippen LogP contribution >= 0.6 is 15.9 Å². The summed E-state index contributed by atoms with van der Waals surface area (Å²) in [5, 5.41) is 4.46. The van der Waals surface area contributed by atoms with Crippen molar-refractivity contribution in [1.82, 2.24) is 9.97 Å². The van der Waals surface area contributed by atoms with Crippen LogP contribution in [0.1, 0.15) is 63.4 Å². The predicted molar refractivity (Wildman–Crippen MR) is 131 cm³/mol. The fourth-order valence-electron chi connectivity index (χ4n) is 3.59. The van der Waals surface area contributed by atoms with Gasteiger partial charge in [-0.2, -0.15) is 0 Å². The summed E-state index contributed by atoms with van der Waals surface area (Å²) in [7, 11) is 1.67. The molecule has 31 heavy (non-hydrogen) atoms. The molecule has 5 nitrogen and oxygen atoms in total. The average molecular weight is 486 g/mol. The van der Waals surface area contributed by atoms with E-state index in [1.54, 1.807) is 7.11 Å². The number of rotatable bonds is 11. The summed E-state index contributed by atoms with van der Waals surface area (Å²) in [6.45, 7) is 6.94. The fourth-order valence-corrected chi connectivity index (χ4v) is 4.00. The number of hydrogen-bond donors (Lipinski definition) is 1. The lowest BCUT2D eigenvalue weighted by molar-refractivity contribution is 0.285. The molecule has 0 saturated carbocycles. The predicted octanol–water partition coefficient (Wildman–Crippen LogP) is 7.23. The van der Waals surface area contributed by atoms with Gasteiger partial charge in [-0.15, -0.1) is 0 Å². The van der Waals surface area contributed by atoms with Crippen LogP contribution < -0.4 is 14.8 Å². The van der Waals surface area contributed by atoms with Crippen molar-refractivity contribution >= 4 is 32.7 Å². The molecular formula is C25H32BrN3O2. The molecule has 0 saturated heterocycles. The minimum absolute atomic E-state index is 0.0834. The van der Waals surface area contributed by atoms with Gasteiger partial charge in [0.25, 0.3) is 0 Å². The smallest absolute Gasteiger partial charge is 0.163 e. The summed E-state index contributed by atoms with van der Waals surface area (Å²) < 4.78 is 12.7. The molecule has 0 fully saturated rings. The second-order valence-corrected chi connectivity index (χ2v) is 8.74. The topological polar surface area (TPSA) is 56.3 Å². The Balaban J connectivity index is 1.83. The number of hydrogen-bond acceptors (Lipinski definition) is 5. The lowest BCUT2D eigenvalue weighted by Gasteiger charge is -2.18. The van der Waals surface area contributed by atoms with Gasteiger partial charge in [0.05, 0.1) is 25.3 Å². The Morgan fingerprint density at radius 2 is 1.84 bits per heavy atom. The Kier molecular flexibility index (Phi) is 8.52. The number of aryl methyl sites for hydroxylation is 1. The molecule has 0 aliphatic carbocycles. The second kappa shape index (κ2) is 11.3. The maximum absolute atomic E-state index is 6.05. The van der Waals surface area contributed by atoms with Gasteiger partial charge in [0.2, 0.25) is 0 Å². The average Bonchev–Trinajstić information content (AvgIpc) is 2.75. The summed E-state index contributed by atoms with van der Waals surface area (Å²) in [4.78, 5) is 9.31. The highest BCUT2D eigenvalue weighted by molar-refractivity contribution is 9.10. The Morgan fingerprint density at radius 1 is 1.03 bits per heavy atom. The summed E-state index contributed by atoms with van der Waals surface area (Å²) >= 11 is 3.55. The van der Waals surface area contributed by atoms with Crippen molar-refractivity contribution < 1.29 is 9.47 Å². The fraction of sp³-hybridized carbons (Fsp3) is 0.440. The van der Waals surface area contributed by atoms with Gasteiger partial charge in [-0.1, -0.05) is 60.7 Å². The van der Waals surface area contributed by atoms with Gasteiger partial charge in [-0.05, 0) is 44.0 Å². The zero-order valence-electron chi connectivity index (χ0n) is 18.9. The van der Waals surface area contributed by atoms with Crippen LogP contribution in [0.3, 0.4) is 0 Å². The SMILES string of the molecule is CCCCCCCOc1cc2nc(C)nc(N[C@H](C)c3cccc(Br)c3)c2cc1OC. The summed E-state index contributed by atoms with van der Waals surface area (Å²) in [5.41, 5.74) is 2.02. The van der Waals surface area contributed by atoms with Crippen LogP contribution in [0.2, 0.25) is 0 Å². The highest BCUT2D eigenvalue weighted by Crippen LogP contribution is 2.35. The third kappa shape index (κ3) is 6.33. The molecule has 0 bridgehead atoms. The van der Waals surface area contributed by atoms with E-state index in [-0.39, 0.29) is 6.04 Å². The molecule has 0 amide bonds. The minimum atomic E-state index is 0.0834. The lowest BCUT2D eigenvalue weighted by Crippen LogP contribution is -2.10. The Hall–Kier alpha value is -2.34. The molecule has 1 heterocycles. The van der Waals surface area contributed by atoms with Crippen LogP contribution in [0.25, 0.3) is 10.9 Å². The molecule has 1 N–H and O–H groups in total. The van der Waals surface area contributed by atoms with E-state index in [9.17, 15) is 0 Å². The van der Waals surface area contributed by atoms with E-state index in [1.807, 2.05) is 31.2 Å². The first kappa shape index (κ1) is 23.3. The molecule has 0 unspecified atom stereocenters. The van der Waals surface area contributed by atoms with E-state index in [0.29, 0.717) is 18.2 Å². The number of nitrogens with zero attached hydrogens (tertiary/aromatic N) is 2. The number of nitrogens with one attached hydrogen (secondary N) is 1. The Bertz CT molecular complexity index is 1010. The zero-order valence-corrected chi connectivity index (χ0v) is 20.5. The van der Waals surface area contributed by atoms with Gasteiger partial charge >= 0.3 is 0 Å². The molecule has 3 rings (SSSR count). The first-order valence-electron chi connectivity index (χ1n) is 11.0. The second-order valence-electron chi connectivity index (χ2n) is 7.82. The standard InChI is InChI=1S/C25H32BrN3O2/c1-5-6-7-8-9-13-31-24-16-22-21(15-23(24)30-4)25(29-18(3)28-22)27-17(2)19-11-10-12-20(26)14-19/h10-12,14-17H,5-9,13H2,1-4H3,(H,27,28,29)/t17-/m1/s1. The summed E-state index contributed by atoms with van der Waals surface area (Å²) in [6.07, 6.45) is 6.01. The lowest BCUT2D eigenvalue weighted by atomic mass is 10.1. The van der Waals surface area contributed by atoms with Crippen molar-refractivity contribution in [3.05, 3.63) is 52.3 Å². The largest absolute Gasteiger partial charge is 0.493 e. The highest BCUT2D eigenvalue weighted by Gasteiger charge is 2.15. The number of anilines is 1. The molecule has 1 atom stereocenters. The van der Waals surface area contributed by atoms with Gasteiger partial charge in [0.1, 0.15) is 11.6 Å². The van der Waals surface area contributed by atoms with E-state index >= 15 is 0 Å². The van der Waals surface area contributed by atoms with Gasteiger partial charge in [-0.3, -0.25) is 0 Å². The van der Waals surface area contributed by atoms with Crippen LogP contribution in [0, 0.1) is 6.92 Å². The molecule has 166 valence electrons. The Labute approximate surface area is 193 Å². The molecule has 0 aliphatic rings. The molecule has 3 aromatic rings. The number of methoxy groups -OCH3 is 1. The van der Waals surface area contributed by atoms with E-state index in [0.717, 1.165) is 33.4 Å². The van der Waals surface area contributed by atoms with E-state index in [1.165, 1.54) is 31.2 Å². The van der Waals surface area contributed by atoms with Crippen LogP contribution in [-0.4, -0.2) is 23.7 Å². The molecular weight excluding hydrogens is 454 g/mol. The first-order valence-corrected chi connectivity index (χ1v) is 11.8. The molecule has 6 heteroatoms.